The maximum Gasteiger partial charge on any atom is 0.333 e. The van der Waals surface area contributed by atoms with Gasteiger partial charge in [-0.15, -0.1) is 0 Å². The summed E-state index contributed by atoms with van der Waals surface area (Å²) >= 11 is 0. The van der Waals surface area contributed by atoms with Crippen LogP contribution in [0.5, 0.6) is 0 Å². The molecule has 64 valence electrons. The van der Waals surface area contributed by atoms with Crippen LogP contribution in [0.3, 0.4) is 0 Å². The van der Waals surface area contributed by atoms with Crippen LogP contribution in [0.1, 0.15) is 12.8 Å². The fourth-order valence-electron chi connectivity index (χ4n) is 1.36. The van der Waals surface area contributed by atoms with E-state index in [0.29, 0.717) is 0 Å². The zero-order valence-corrected chi connectivity index (χ0v) is 6.86. The molecule has 1 aliphatic rings. The van der Waals surface area contributed by atoms with Crippen molar-refractivity contribution in [1.29, 1.82) is 0 Å². The Morgan fingerprint density at radius 3 is 2.83 bits per heavy atom. The van der Waals surface area contributed by atoms with Crippen molar-refractivity contribution in [2.24, 2.45) is 0 Å². The molecule has 0 aromatic carbocycles. The highest BCUT2D eigenvalue weighted by molar-refractivity contribution is 5.81. The van der Waals surface area contributed by atoms with Gasteiger partial charge in [-0.3, -0.25) is 4.68 Å². The van der Waals surface area contributed by atoms with Crippen LogP contribution in [0.4, 0.5) is 0 Å². The number of nitrogens with zero attached hydrogens (tertiary/aromatic N) is 2. The topological polar surface area (TPSA) is 44.1 Å². The zero-order chi connectivity index (χ0) is 8.60. The van der Waals surface area contributed by atoms with Crippen LogP contribution in [0.25, 0.3) is 0 Å². The Labute approximate surface area is 70.1 Å². The molecule has 0 N–H and O–H groups in total. The molecule has 0 atom stereocenters. The molecule has 1 aromatic heterocycles. The van der Waals surface area contributed by atoms with Gasteiger partial charge in [0.25, 0.3) is 0 Å². The zero-order valence-electron chi connectivity index (χ0n) is 6.86. The second-order valence-electron chi connectivity index (χ2n) is 2.97. The minimum Gasteiger partial charge on any atom is -0.467 e. The molecule has 0 aliphatic heterocycles. The lowest BCUT2D eigenvalue weighted by Gasteiger charge is -2.12. The first-order valence-corrected chi connectivity index (χ1v) is 3.88. The number of hydrogen-bond donors (Lipinski definition) is 0. The first kappa shape index (κ1) is 7.34. The van der Waals surface area contributed by atoms with Gasteiger partial charge in [0.1, 0.15) is 0 Å². The molecule has 0 saturated heterocycles. The van der Waals surface area contributed by atoms with Gasteiger partial charge in [-0.05, 0) is 18.9 Å². The molecule has 0 bridgehead atoms. The van der Waals surface area contributed by atoms with Crippen molar-refractivity contribution in [3.63, 3.8) is 0 Å². The minimum absolute atomic E-state index is 0.189. The highest BCUT2D eigenvalue weighted by Crippen LogP contribution is 2.43. The number of methoxy groups -OCH3 is 1. The van der Waals surface area contributed by atoms with E-state index < -0.39 is 5.54 Å². The molecule has 0 amide bonds. The predicted molar refractivity (Wildman–Crippen MR) is 41.5 cm³/mol. The Morgan fingerprint density at radius 2 is 2.42 bits per heavy atom. The van der Waals surface area contributed by atoms with Gasteiger partial charge in [0, 0.05) is 12.4 Å². The Hall–Kier alpha value is -1.32. The molecule has 0 unspecified atom stereocenters. The second kappa shape index (κ2) is 2.33. The molecule has 4 nitrogen and oxygen atoms in total. The highest BCUT2D eigenvalue weighted by atomic mass is 16.5. The standard InChI is InChI=1S/C8H10N2O2/c1-12-7(11)8(3-4-8)10-6-2-5-9-10/h2,5-6H,3-4H2,1H3. The third kappa shape index (κ3) is 0.841. The van der Waals surface area contributed by atoms with E-state index in [-0.39, 0.29) is 5.97 Å². The summed E-state index contributed by atoms with van der Waals surface area (Å²) in [5.74, 6) is -0.189. The van der Waals surface area contributed by atoms with Crippen molar-refractivity contribution >= 4 is 5.97 Å². The SMILES string of the molecule is COC(=O)C1(n2cccn2)CC1. The van der Waals surface area contributed by atoms with E-state index in [2.05, 4.69) is 5.10 Å². The average molecular weight is 166 g/mol. The lowest BCUT2D eigenvalue weighted by atomic mass is 10.3. The van der Waals surface area contributed by atoms with Gasteiger partial charge in [-0.1, -0.05) is 0 Å². The number of esters is 1. The summed E-state index contributed by atoms with van der Waals surface area (Å²) < 4.78 is 6.38. The van der Waals surface area contributed by atoms with Gasteiger partial charge in [-0.25, -0.2) is 4.79 Å². The Balaban J connectivity index is 2.28. The normalized spacial score (nSPS) is 18.8. The van der Waals surface area contributed by atoms with Crippen molar-refractivity contribution in [3.8, 4) is 0 Å². The molecule has 0 radical (unpaired) electrons. The van der Waals surface area contributed by atoms with Gasteiger partial charge < -0.3 is 4.74 Å². The van der Waals surface area contributed by atoms with Crippen LogP contribution in [-0.4, -0.2) is 22.9 Å². The van der Waals surface area contributed by atoms with Gasteiger partial charge in [0.2, 0.25) is 0 Å². The summed E-state index contributed by atoms with van der Waals surface area (Å²) in [6, 6.07) is 1.81. The average Bonchev–Trinajstić information content (AvgIpc) is 2.73. The number of aromatic nitrogens is 2. The van der Waals surface area contributed by atoms with E-state index in [1.807, 2.05) is 6.07 Å². The Morgan fingerprint density at radius 1 is 1.67 bits per heavy atom. The van der Waals surface area contributed by atoms with Gasteiger partial charge >= 0.3 is 5.97 Å². The van der Waals surface area contributed by atoms with E-state index in [1.54, 1.807) is 17.1 Å². The quantitative estimate of drug-likeness (QED) is 0.602. The van der Waals surface area contributed by atoms with Crippen molar-refractivity contribution in [2.75, 3.05) is 7.11 Å². The van der Waals surface area contributed by atoms with Crippen molar-refractivity contribution in [3.05, 3.63) is 18.5 Å². The first-order chi connectivity index (χ1) is 5.79. The highest BCUT2D eigenvalue weighted by Gasteiger charge is 2.53. The largest absolute Gasteiger partial charge is 0.467 e. The van der Waals surface area contributed by atoms with Crippen LogP contribution in [0.2, 0.25) is 0 Å². The molecule has 1 fully saturated rings. The van der Waals surface area contributed by atoms with Gasteiger partial charge in [0.05, 0.1) is 7.11 Å². The third-order valence-electron chi connectivity index (χ3n) is 2.23. The monoisotopic (exact) mass is 166 g/mol. The molecule has 12 heavy (non-hydrogen) atoms. The van der Waals surface area contributed by atoms with Crippen LogP contribution in [0.15, 0.2) is 18.5 Å². The number of carbonyl (C=O) groups excluding carboxylic acids is 1. The molecule has 0 spiro atoms. The van der Waals surface area contributed by atoms with Crippen LogP contribution >= 0.6 is 0 Å². The summed E-state index contributed by atoms with van der Waals surface area (Å²) in [7, 11) is 1.41. The predicted octanol–water partition coefficient (Wildman–Crippen LogP) is 0.545. The second-order valence-corrected chi connectivity index (χ2v) is 2.97. The van der Waals surface area contributed by atoms with E-state index in [4.69, 9.17) is 4.74 Å². The van der Waals surface area contributed by atoms with E-state index in [1.165, 1.54) is 7.11 Å². The molecule has 4 heteroatoms. The molecule has 2 rings (SSSR count). The molecule has 1 aliphatic carbocycles. The van der Waals surface area contributed by atoms with E-state index in [9.17, 15) is 4.79 Å². The molecule has 1 saturated carbocycles. The molecular weight excluding hydrogens is 156 g/mol. The third-order valence-corrected chi connectivity index (χ3v) is 2.23. The Bertz CT molecular complexity index is 288. The summed E-state index contributed by atoms with van der Waals surface area (Å²) in [4.78, 5) is 11.3. The van der Waals surface area contributed by atoms with Crippen molar-refractivity contribution < 1.29 is 9.53 Å². The number of carbonyl (C=O) groups is 1. The molecule has 1 heterocycles. The lowest BCUT2D eigenvalue weighted by Crippen LogP contribution is -2.29. The lowest BCUT2D eigenvalue weighted by molar-refractivity contribution is -0.146. The fraction of sp³-hybridized carbons (Fsp3) is 0.500. The molecular formula is C8H10N2O2. The summed E-state index contributed by atoms with van der Waals surface area (Å²) in [6.45, 7) is 0. The molecule has 1 aromatic rings. The van der Waals surface area contributed by atoms with Crippen LogP contribution in [-0.2, 0) is 15.1 Å². The fourth-order valence-corrected chi connectivity index (χ4v) is 1.36. The van der Waals surface area contributed by atoms with E-state index in [0.717, 1.165) is 12.8 Å². The minimum atomic E-state index is -0.474. The van der Waals surface area contributed by atoms with Crippen molar-refractivity contribution in [1.82, 2.24) is 9.78 Å². The van der Waals surface area contributed by atoms with Gasteiger partial charge in [-0.2, -0.15) is 5.10 Å². The van der Waals surface area contributed by atoms with E-state index >= 15 is 0 Å². The Kier molecular flexibility index (Phi) is 1.43. The maximum atomic E-state index is 11.3. The number of hydrogen-bond acceptors (Lipinski definition) is 3. The summed E-state index contributed by atoms with van der Waals surface area (Å²) in [5, 5.41) is 4.04. The maximum absolute atomic E-state index is 11.3. The van der Waals surface area contributed by atoms with Crippen LogP contribution < -0.4 is 0 Å². The van der Waals surface area contributed by atoms with Gasteiger partial charge in [0.15, 0.2) is 5.54 Å². The van der Waals surface area contributed by atoms with Crippen molar-refractivity contribution in [2.45, 2.75) is 18.4 Å². The summed E-state index contributed by atoms with van der Waals surface area (Å²) in [6.07, 6.45) is 5.13. The van der Waals surface area contributed by atoms with Crippen LogP contribution in [0, 0.1) is 0 Å². The smallest absolute Gasteiger partial charge is 0.333 e. The number of ether oxygens (including phenoxy) is 1. The number of rotatable bonds is 2. The first-order valence-electron chi connectivity index (χ1n) is 3.88. The summed E-state index contributed by atoms with van der Waals surface area (Å²) in [5.41, 5.74) is -0.474.